The highest BCUT2D eigenvalue weighted by Gasteiger charge is 2.12. The first kappa shape index (κ1) is 19.0. The summed E-state index contributed by atoms with van der Waals surface area (Å²) in [4.78, 5) is 16.4. The molecule has 0 saturated carbocycles. The molecule has 0 saturated heterocycles. The zero-order valence-corrected chi connectivity index (χ0v) is 15.9. The van der Waals surface area contributed by atoms with Crippen LogP contribution >= 0.6 is 23.2 Å². The van der Waals surface area contributed by atoms with E-state index in [0.29, 0.717) is 29.4 Å². The number of nitrogens with zero attached hydrogens (tertiary/aromatic N) is 1. The zero-order valence-electron chi connectivity index (χ0n) is 14.4. The summed E-state index contributed by atoms with van der Waals surface area (Å²) >= 11 is 11.7. The normalized spacial score (nSPS) is 10.3. The number of halogens is 2. The van der Waals surface area contributed by atoms with Crippen molar-refractivity contribution in [1.82, 2.24) is 4.98 Å². The number of hydrogen-bond donors (Lipinski definition) is 1. The molecule has 1 aromatic heterocycles. The highest BCUT2D eigenvalue weighted by molar-refractivity contribution is 6.41. The number of carbonyl (C=O) groups is 1. The van der Waals surface area contributed by atoms with Crippen LogP contribution in [-0.2, 0) is 0 Å². The summed E-state index contributed by atoms with van der Waals surface area (Å²) in [6.45, 7) is 2.52. The first-order valence-electron chi connectivity index (χ1n) is 8.19. The fraction of sp³-hybridized carbons (Fsp3) is 0.100. The second-order valence-corrected chi connectivity index (χ2v) is 6.22. The van der Waals surface area contributed by atoms with Gasteiger partial charge in [0.15, 0.2) is 5.75 Å². The number of anilines is 1. The Morgan fingerprint density at radius 2 is 1.78 bits per heavy atom. The molecule has 0 spiro atoms. The summed E-state index contributed by atoms with van der Waals surface area (Å²) in [6.07, 6.45) is 1.36. The van der Waals surface area contributed by atoms with Gasteiger partial charge in [0, 0.05) is 6.20 Å². The molecule has 0 aliphatic carbocycles. The Bertz CT molecular complexity index is 946. The number of carbonyl (C=O) groups excluding carboxylic acids is 1. The van der Waals surface area contributed by atoms with Gasteiger partial charge in [-0.3, -0.25) is 4.79 Å². The second-order valence-electron chi connectivity index (χ2n) is 5.45. The first-order valence-corrected chi connectivity index (χ1v) is 8.94. The molecule has 27 heavy (non-hydrogen) atoms. The lowest BCUT2D eigenvalue weighted by atomic mass is 10.2. The smallest absolute Gasteiger partial charge is 0.257 e. The average molecular weight is 403 g/mol. The van der Waals surface area contributed by atoms with Gasteiger partial charge in [0.25, 0.3) is 5.91 Å². The third kappa shape index (κ3) is 4.90. The molecule has 0 aliphatic rings. The summed E-state index contributed by atoms with van der Waals surface area (Å²) in [6, 6.07) is 15.8. The number of ether oxygens (including phenoxy) is 2. The zero-order chi connectivity index (χ0) is 19.2. The number of benzene rings is 2. The summed E-state index contributed by atoms with van der Waals surface area (Å²) in [7, 11) is 0. The predicted octanol–water partition coefficient (Wildman–Crippen LogP) is 5.83. The van der Waals surface area contributed by atoms with Gasteiger partial charge in [-0.05, 0) is 49.4 Å². The molecule has 1 heterocycles. The molecule has 0 fully saturated rings. The van der Waals surface area contributed by atoms with Gasteiger partial charge in [-0.2, -0.15) is 0 Å². The van der Waals surface area contributed by atoms with Crippen molar-refractivity contribution in [3.8, 4) is 17.2 Å². The third-order valence-electron chi connectivity index (χ3n) is 3.56. The van der Waals surface area contributed by atoms with Gasteiger partial charge in [0.2, 0.25) is 0 Å². The summed E-state index contributed by atoms with van der Waals surface area (Å²) in [5, 5.41) is 3.15. The molecule has 1 amide bonds. The highest BCUT2D eigenvalue weighted by Crippen LogP contribution is 2.31. The maximum atomic E-state index is 12.5. The molecular weight excluding hydrogens is 387 g/mol. The van der Waals surface area contributed by atoms with Gasteiger partial charge in [0.1, 0.15) is 16.7 Å². The van der Waals surface area contributed by atoms with Gasteiger partial charge in [0.05, 0.1) is 22.9 Å². The van der Waals surface area contributed by atoms with Crippen molar-refractivity contribution >= 4 is 34.8 Å². The van der Waals surface area contributed by atoms with Crippen LogP contribution in [0.3, 0.4) is 0 Å². The van der Waals surface area contributed by atoms with E-state index in [1.165, 1.54) is 12.3 Å². The predicted molar refractivity (Wildman–Crippen MR) is 106 cm³/mol. The molecule has 0 radical (unpaired) electrons. The largest absolute Gasteiger partial charge is 0.494 e. The minimum atomic E-state index is -0.371. The Morgan fingerprint density at radius 1 is 1.07 bits per heavy atom. The Hall–Kier alpha value is -2.76. The SMILES string of the molecule is CCOc1ccc(Oc2ccccc2NC(=O)c2cnc(Cl)c(Cl)c2)cc1. The number of hydrogen-bond acceptors (Lipinski definition) is 4. The van der Waals surface area contributed by atoms with E-state index in [4.69, 9.17) is 32.7 Å². The topological polar surface area (TPSA) is 60.5 Å². The van der Waals surface area contributed by atoms with Crippen LogP contribution in [0, 0.1) is 0 Å². The second kappa shape index (κ2) is 8.75. The minimum Gasteiger partial charge on any atom is -0.494 e. The average Bonchev–Trinajstić information content (AvgIpc) is 2.67. The van der Waals surface area contributed by atoms with Gasteiger partial charge in [-0.15, -0.1) is 0 Å². The molecule has 1 N–H and O–H groups in total. The maximum absolute atomic E-state index is 12.5. The maximum Gasteiger partial charge on any atom is 0.257 e. The van der Waals surface area contributed by atoms with Crippen LogP contribution in [0.5, 0.6) is 17.2 Å². The van der Waals surface area contributed by atoms with E-state index in [2.05, 4.69) is 10.3 Å². The molecule has 0 atom stereocenters. The van der Waals surface area contributed by atoms with E-state index in [9.17, 15) is 4.79 Å². The number of pyridine rings is 1. The van der Waals surface area contributed by atoms with E-state index in [1.54, 1.807) is 30.3 Å². The lowest BCUT2D eigenvalue weighted by Gasteiger charge is -2.13. The molecule has 5 nitrogen and oxygen atoms in total. The third-order valence-corrected chi connectivity index (χ3v) is 4.24. The van der Waals surface area contributed by atoms with Gasteiger partial charge < -0.3 is 14.8 Å². The van der Waals surface area contributed by atoms with Crippen molar-refractivity contribution in [3.05, 3.63) is 76.5 Å². The van der Waals surface area contributed by atoms with Crippen LogP contribution in [0.25, 0.3) is 0 Å². The molecule has 3 rings (SSSR count). The number of aromatic nitrogens is 1. The molecule has 0 unspecified atom stereocenters. The minimum absolute atomic E-state index is 0.146. The van der Waals surface area contributed by atoms with Crippen molar-refractivity contribution in [1.29, 1.82) is 0 Å². The van der Waals surface area contributed by atoms with Gasteiger partial charge >= 0.3 is 0 Å². The molecule has 138 valence electrons. The van der Waals surface area contributed by atoms with Crippen molar-refractivity contribution in [3.63, 3.8) is 0 Å². The van der Waals surface area contributed by atoms with Crippen LogP contribution in [0.2, 0.25) is 10.2 Å². The van der Waals surface area contributed by atoms with Gasteiger partial charge in [-0.1, -0.05) is 35.3 Å². The Labute approximate surface area is 166 Å². The highest BCUT2D eigenvalue weighted by atomic mass is 35.5. The fourth-order valence-corrected chi connectivity index (χ4v) is 2.57. The molecule has 7 heteroatoms. The monoisotopic (exact) mass is 402 g/mol. The summed E-state index contributed by atoms with van der Waals surface area (Å²) < 4.78 is 11.3. The lowest BCUT2D eigenvalue weighted by Crippen LogP contribution is -2.13. The van der Waals surface area contributed by atoms with Crippen molar-refractivity contribution in [2.75, 3.05) is 11.9 Å². The molecule has 2 aromatic carbocycles. The number of nitrogens with one attached hydrogen (secondary N) is 1. The summed E-state index contributed by atoms with van der Waals surface area (Å²) in [5.41, 5.74) is 0.808. The van der Waals surface area contributed by atoms with Gasteiger partial charge in [-0.25, -0.2) is 4.98 Å². The van der Waals surface area contributed by atoms with E-state index in [1.807, 2.05) is 25.1 Å². The van der Waals surface area contributed by atoms with E-state index >= 15 is 0 Å². The molecule has 0 bridgehead atoms. The van der Waals surface area contributed by atoms with Crippen molar-refractivity contribution in [2.45, 2.75) is 6.92 Å². The van der Waals surface area contributed by atoms with E-state index in [0.717, 1.165) is 5.75 Å². The fourth-order valence-electron chi connectivity index (χ4n) is 2.30. The van der Waals surface area contributed by atoms with Crippen LogP contribution in [0.15, 0.2) is 60.8 Å². The van der Waals surface area contributed by atoms with E-state index < -0.39 is 0 Å². The standard InChI is InChI=1S/C20H16Cl2N2O3/c1-2-26-14-7-9-15(10-8-14)27-18-6-4-3-5-17(18)24-20(25)13-11-16(21)19(22)23-12-13/h3-12H,2H2,1H3,(H,24,25). The van der Waals surface area contributed by atoms with E-state index in [-0.39, 0.29) is 16.1 Å². The number of rotatable bonds is 6. The van der Waals surface area contributed by atoms with Crippen LogP contribution in [0.1, 0.15) is 17.3 Å². The van der Waals surface area contributed by atoms with Crippen LogP contribution in [0.4, 0.5) is 5.69 Å². The van der Waals surface area contributed by atoms with Crippen molar-refractivity contribution < 1.29 is 14.3 Å². The van der Waals surface area contributed by atoms with Crippen molar-refractivity contribution in [2.24, 2.45) is 0 Å². The lowest BCUT2D eigenvalue weighted by molar-refractivity contribution is 0.102. The molecule has 3 aromatic rings. The van der Waals surface area contributed by atoms with Crippen LogP contribution < -0.4 is 14.8 Å². The van der Waals surface area contributed by atoms with Crippen LogP contribution in [-0.4, -0.2) is 17.5 Å². The number of amides is 1. The Balaban J connectivity index is 1.77. The first-order chi connectivity index (χ1) is 13.1. The number of para-hydroxylation sites is 2. The Morgan fingerprint density at radius 3 is 2.48 bits per heavy atom. The Kier molecular flexibility index (Phi) is 6.16. The quantitative estimate of drug-likeness (QED) is 0.526. The molecular formula is C20H16Cl2N2O3. The molecule has 0 aliphatic heterocycles. The summed E-state index contributed by atoms with van der Waals surface area (Å²) in [5.74, 6) is 1.52.